The minimum absolute atomic E-state index is 0.135. The van der Waals surface area contributed by atoms with Crippen molar-refractivity contribution in [1.82, 2.24) is 9.97 Å². The third kappa shape index (κ3) is 2.40. The van der Waals surface area contributed by atoms with E-state index < -0.39 is 5.54 Å². The molecule has 1 aromatic rings. The van der Waals surface area contributed by atoms with Gasteiger partial charge in [0.1, 0.15) is 12.1 Å². The molecule has 3 N–H and O–H groups in total. The smallest absolute Gasteiger partial charge is 0.129 e. The van der Waals surface area contributed by atoms with E-state index in [2.05, 4.69) is 15.3 Å². The van der Waals surface area contributed by atoms with Crippen molar-refractivity contribution >= 4 is 5.82 Å². The first kappa shape index (κ1) is 10.9. The normalized spacial score (nSPS) is 11.4. The molecule has 5 heteroatoms. The predicted octanol–water partition coefficient (Wildman–Crippen LogP) is 0.0219. The Hall–Kier alpha value is -1.20. The van der Waals surface area contributed by atoms with Gasteiger partial charge in [-0.3, -0.25) is 0 Å². The number of nitrogens with one attached hydrogen (secondary N) is 1. The summed E-state index contributed by atoms with van der Waals surface area (Å²) in [6.07, 6.45) is 3.63. The van der Waals surface area contributed by atoms with Crippen LogP contribution < -0.4 is 5.32 Å². The van der Waals surface area contributed by atoms with Crippen LogP contribution in [0.3, 0.4) is 0 Å². The Morgan fingerprint density at radius 3 is 2.57 bits per heavy atom. The Kier molecular flexibility index (Phi) is 3.79. The van der Waals surface area contributed by atoms with Gasteiger partial charge < -0.3 is 15.5 Å². The zero-order chi connectivity index (χ0) is 10.4. The Morgan fingerprint density at radius 1 is 1.43 bits per heavy atom. The van der Waals surface area contributed by atoms with E-state index in [9.17, 15) is 10.2 Å². The molecule has 0 radical (unpaired) electrons. The van der Waals surface area contributed by atoms with Crippen LogP contribution in [0.1, 0.15) is 13.3 Å². The molecule has 14 heavy (non-hydrogen) atoms. The lowest BCUT2D eigenvalue weighted by molar-refractivity contribution is 0.132. The number of rotatable bonds is 5. The van der Waals surface area contributed by atoms with E-state index in [4.69, 9.17) is 0 Å². The third-order valence-electron chi connectivity index (χ3n) is 2.26. The van der Waals surface area contributed by atoms with Crippen molar-refractivity contribution in [2.45, 2.75) is 18.9 Å². The first-order valence-electron chi connectivity index (χ1n) is 4.52. The third-order valence-corrected chi connectivity index (χ3v) is 2.26. The van der Waals surface area contributed by atoms with Gasteiger partial charge in [-0.15, -0.1) is 0 Å². The highest BCUT2D eigenvalue weighted by molar-refractivity contribution is 5.35. The standard InChI is InChI=1S/C9H15N3O2/c1-2-9(5-13,6-14)12-8-3-4-10-7-11-8/h3-4,7,13-14H,2,5-6H2,1H3,(H,10,11,12). The Bertz CT molecular complexity index is 254. The molecule has 0 aliphatic rings. The van der Waals surface area contributed by atoms with Crippen molar-refractivity contribution in [1.29, 1.82) is 0 Å². The number of hydrogen-bond donors (Lipinski definition) is 3. The summed E-state index contributed by atoms with van der Waals surface area (Å²) in [6.45, 7) is 1.62. The number of aliphatic hydroxyl groups excluding tert-OH is 2. The topological polar surface area (TPSA) is 78.3 Å². The monoisotopic (exact) mass is 197 g/mol. The van der Waals surface area contributed by atoms with E-state index in [0.717, 1.165) is 0 Å². The SMILES string of the molecule is CCC(CO)(CO)Nc1ccncn1. The van der Waals surface area contributed by atoms with Crippen molar-refractivity contribution in [2.24, 2.45) is 0 Å². The van der Waals surface area contributed by atoms with Gasteiger partial charge in [0.25, 0.3) is 0 Å². The van der Waals surface area contributed by atoms with Gasteiger partial charge in [0.2, 0.25) is 0 Å². The first-order chi connectivity index (χ1) is 6.76. The molecular formula is C9H15N3O2. The van der Waals surface area contributed by atoms with Crippen molar-refractivity contribution in [3.05, 3.63) is 18.6 Å². The Labute approximate surface area is 82.8 Å². The molecule has 0 aliphatic carbocycles. The van der Waals surface area contributed by atoms with Crippen molar-refractivity contribution in [2.75, 3.05) is 18.5 Å². The van der Waals surface area contributed by atoms with Gasteiger partial charge in [-0.1, -0.05) is 6.92 Å². The summed E-state index contributed by atoms with van der Waals surface area (Å²) < 4.78 is 0. The summed E-state index contributed by atoms with van der Waals surface area (Å²) in [5.41, 5.74) is -0.700. The second kappa shape index (κ2) is 4.88. The second-order valence-electron chi connectivity index (χ2n) is 3.17. The highest BCUT2D eigenvalue weighted by Gasteiger charge is 2.26. The lowest BCUT2D eigenvalue weighted by atomic mass is 9.99. The average Bonchev–Trinajstić information content (AvgIpc) is 2.28. The van der Waals surface area contributed by atoms with Crippen LogP contribution in [0.4, 0.5) is 5.82 Å². The van der Waals surface area contributed by atoms with Gasteiger partial charge >= 0.3 is 0 Å². The zero-order valence-corrected chi connectivity index (χ0v) is 8.14. The van der Waals surface area contributed by atoms with Crippen LogP contribution in [0.25, 0.3) is 0 Å². The Balaban J connectivity index is 2.74. The van der Waals surface area contributed by atoms with Gasteiger partial charge in [-0.25, -0.2) is 9.97 Å². The van der Waals surface area contributed by atoms with Crippen LogP contribution >= 0.6 is 0 Å². The number of aliphatic hydroxyl groups is 2. The number of hydrogen-bond acceptors (Lipinski definition) is 5. The van der Waals surface area contributed by atoms with Crippen LogP contribution in [0, 0.1) is 0 Å². The highest BCUT2D eigenvalue weighted by atomic mass is 16.3. The maximum atomic E-state index is 9.17. The van der Waals surface area contributed by atoms with Crippen molar-refractivity contribution < 1.29 is 10.2 Å². The predicted molar refractivity (Wildman–Crippen MR) is 52.8 cm³/mol. The van der Waals surface area contributed by atoms with Gasteiger partial charge in [0.05, 0.1) is 18.8 Å². The van der Waals surface area contributed by atoms with E-state index in [1.807, 2.05) is 6.92 Å². The molecule has 0 aliphatic heterocycles. The van der Waals surface area contributed by atoms with Crippen LogP contribution in [0.5, 0.6) is 0 Å². The van der Waals surface area contributed by atoms with E-state index in [1.54, 1.807) is 12.3 Å². The molecule has 5 nitrogen and oxygen atoms in total. The lowest BCUT2D eigenvalue weighted by Gasteiger charge is -2.30. The number of nitrogens with zero attached hydrogens (tertiary/aromatic N) is 2. The summed E-state index contributed by atoms with van der Waals surface area (Å²) in [7, 11) is 0. The fraction of sp³-hybridized carbons (Fsp3) is 0.556. The molecule has 78 valence electrons. The lowest BCUT2D eigenvalue weighted by Crippen LogP contribution is -2.45. The summed E-state index contributed by atoms with van der Waals surface area (Å²) in [5, 5.41) is 21.3. The molecule has 0 spiro atoms. The van der Waals surface area contributed by atoms with Crippen LogP contribution in [-0.2, 0) is 0 Å². The van der Waals surface area contributed by atoms with Gasteiger partial charge in [-0.2, -0.15) is 0 Å². The van der Waals surface area contributed by atoms with Crippen molar-refractivity contribution in [3.63, 3.8) is 0 Å². The van der Waals surface area contributed by atoms with E-state index >= 15 is 0 Å². The zero-order valence-electron chi connectivity index (χ0n) is 8.14. The molecular weight excluding hydrogens is 182 g/mol. The van der Waals surface area contributed by atoms with Gasteiger partial charge in [0, 0.05) is 6.20 Å². The average molecular weight is 197 g/mol. The first-order valence-corrected chi connectivity index (χ1v) is 4.52. The molecule has 0 atom stereocenters. The largest absolute Gasteiger partial charge is 0.394 e. The molecule has 0 saturated carbocycles. The summed E-state index contributed by atoms with van der Waals surface area (Å²) in [5.74, 6) is 0.602. The van der Waals surface area contributed by atoms with E-state index in [0.29, 0.717) is 12.2 Å². The van der Waals surface area contributed by atoms with Crippen LogP contribution in [-0.4, -0.2) is 38.9 Å². The minimum Gasteiger partial charge on any atom is -0.394 e. The fourth-order valence-corrected chi connectivity index (χ4v) is 1.08. The number of aromatic nitrogens is 2. The molecule has 0 bridgehead atoms. The highest BCUT2D eigenvalue weighted by Crippen LogP contribution is 2.15. The van der Waals surface area contributed by atoms with E-state index in [-0.39, 0.29) is 13.2 Å². The second-order valence-corrected chi connectivity index (χ2v) is 3.17. The van der Waals surface area contributed by atoms with E-state index in [1.165, 1.54) is 6.33 Å². The fourth-order valence-electron chi connectivity index (χ4n) is 1.08. The molecule has 0 amide bonds. The molecule has 1 rings (SSSR count). The quantitative estimate of drug-likeness (QED) is 0.620. The molecule has 0 aromatic carbocycles. The molecule has 0 saturated heterocycles. The minimum atomic E-state index is -0.700. The summed E-state index contributed by atoms with van der Waals surface area (Å²) in [6, 6.07) is 1.69. The summed E-state index contributed by atoms with van der Waals surface area (Å²) in [4.78, 5) is 7.74. The van der Waals surface area contributed by atoms with Crippen LogP contribution in [0.2, 0.25) is 0 Å². The molecule has 0 fully saturated rings. The van der Waals surface area contributed by atoms with Gasteiger partial charge in [0.15, 0.2) is 0 Å². The van der Waals surface area contributed by atoms with Crippen LogP contribution in [0.15, 0.2) is 18.6 Å². The maximum absolute atomic E-state index is 9.17. The molecule has 1 aromatic heterocycles. The number of anilines is 1. The Morgan fingerprint density at radius 2 is 2.14 bits per heavy atom. The van der Waals surface area contributed by atoms with Crippen molar-refractivity contribution in [3.8, 4) is 0 Å². The molecule has 0 unspecified atom stereocenters. The molecule has 1 heterocycles. The van der Waals surface area contributed by atoms with Gasteiger partial charge in [-0.05, 0) is 12.5 Å². The summed E-state index contributed by atoms with van der Waals surface area (Å²) >= 11 is 0. The maximum Gasteiger partial charge on any atom is 0.129 e.